The predicted molar refractivity (Wildman–Crippen MR) is 51.7 cm³/mol. The number of sulfonamides is 1. The number of hydrogen-bond acceptors (Lipinski definition) is 5. The van der Waals surface area contributed by atoms with Crippen molar-refractivity contribution < 1.29 is 13.6 Å². The van der Waals surface area contributed by atoms with Crippen LogP contribution in [-0.4, -0.2) is 18.6 Å². The van der Waals surface area contributed by atoms with E-state index in [2.05, 4.69) is 4.98 Å². The fraction of sp³-hybridized carbons (Fsp3) is 0. The van der Waals surface area contributed by atoms with Crippen molar-refractivity contribution >= 4 is 31.6 Å². The minimum Gasteiger partial charge on any atom is -0.302 e. The maximum absolute atomic E-state index is 11.2. The van der Waals surface area contributed by atoms with Gasteiger partial charge in [-0.1, -0.05) is 17.0 Å². The molecule has 0 aliphatic carbocycles. The van der Waals surface area contributed by atoms with E-state index in [4.69, 9.17) is 5.21 Å². The second-order valence-corrected chi connectivity index (χ2v) is 5.41. The zero-order chi connectivity index (χ0) is 10.2. The van der Waals surface area contributed by atoms with E-state index >= 15 is 0 Å². The summed E-state index contributed by atoms with van der Waals surface area (Å²) in [6.45, 7) is 0. The summed E-state index contributed by atoms with van der Waals surface area (Å²) in [6.07, 6.45) is 0. The lowest BCUT2D eigenvalue weighted by Crippen LogP contribution is -2.18. The van der Waals surface area contributed by atoms with Crippen molar-refractivity contribution in [1.82, 2.24) is 9.87 Å². The number of para-hydroxylation sites is 1. The van der Waals surface area contributed by atoms with E-state index in [1.165, 1.54) is 4.89 Å². The Morgan fingerprint density at radius 1 is 1.36 bits per heavy atom. The second kappa shape index (κ2) is 3.28. The van der Waals surface area contributed by atoms with E-state index in [-0.39, 0.29) is 4.34 Å². The maximum Gasteiger partial charge on any atom is 0.289 e. The summed E-state index contributed by atoms with van der Waals surface area (Å²) in [4.78, 5) is 5.10. The summed E-state index contributed by atoms with van der Waals surface area (Å²) >= 11 is 1.01. The van der Waals surface area contributed by atoms with Gasteiger partial charge in [-0.05, 0) is 12.1 Å². The van der Waals surface area contributed by atoms with Crippen molar-refractivity contribution in [3.63, 3.8) is 0 Å². The van der Waals surface area contributed by atoms with Gasteiger partial charge in [0.1, 0.15) is 0 Å². The number of fused-ring (bicyclic) bond motifs is 1. The maximum atomic E-state index is 11.2. The lowest BCUT2D eigenvalue weighted by Gasteiger charge is -1.92. The predicted octanol–water partition coefficient (Wildman–Crippen LogP) is 0.964. The van der Waals surface area contributed by atoms with Crippen LogP contribution in [0.25, 0.3) is 10.2 Å². The molecule has 0 radical (unpaired) electrons. The number of nitrogens with one attached hydrogen (secondary N) is 1. The van der Waals surface area contributed by atoms with Gasteiger partial charge in [-0.15, -0.1) is 11.3 Å². The molecule has 0 fully saturated rings. The Hall–Kier alpha value is -1.02. The van der Waals surface area contributed by atoms with E-state index in [0.29, 0.717) is 5.52 Å². The number of aromatic nitrogens is 1. The molecule has 5 nitrogen and oxygen atoms in total. The highest BCUT2D eigenvalue weighted by molar-refractivity contribution is 7.91. The number of rotatable bonds is 2. The molecule has 2 aromatic rings. The average molecular weight is 230 g/mol. The first-order valence-corrected chi connectivity index (χ1v) is 5.95. The van der Waals surface area contributed by atoms with Crippen LogP contribution in [0.1, 0.15) is 0 Å². The lowest BCUT2D eigenvalue weighted by molar-refractivity contribution is 0.242. The smallest absolute Gasteiger partial charge is 0.289 e. The third-order valence-corrected chi connectivity index (χ3v) is 4.16. The Labute approximate surface area is 84.0 Å². The fourth-order valence-corrected chi connectivity index (χ4v) is 2.82. The molecule has 1 aromatic carbocycles. The quantitative estimate of drug-likeness (QED) is 0.753. The van der Waals surface area contributed by atoms with E-state index in [1.807, 2.05) is 0 Å². The molecule has 2 rings (SSSR count). The lowest BCUT2D eigenvalue weighted by atomic mass is 10.3. The minimum absolute atomic E-state index is 0.138. The highest BCUT2D eigenvalue weighted by atomic mass is 32.2. The third kappa shape index (κ3) is 1.50. The summed E-state index contributed by atoms with van der Waals surface area (Å²) in [7, 11) is -3.85. The van der Waals surface area contributed by atoms with Gasteiger partial charge in [0.05, 0.1) is 10.2 Å². The Balaban J connectivity index is 2.67. The van der Waals surface area contributed by atoms with Gasteiger partial charge in [0.15, 0.2) is 0 Å². The summed E-state index contributed by atoms with van der Waals surface area (Å²) in [5.41, 5.74) is 0.603. The Morgan fingerprint density at radius 2 is 2.07 bits per heavy atom. The number of hydrogen-bond donors (Lipinski definition) is 2. The molecule has 14 heavy (non-hydrogen) atoms. The van der Waals surface area contributed by atoms with Crippen LogP contribution < -0.4 is 4.89 Å². The SMILES string of the molecule is O=S(=O)(NO)c1nc2ccccc2s1. The topological polar surface area (TPSA) is 79.3 Å². The highest BCUT2D eigenvalue weighted by Gasteiger charge is 2.17. The molecule has 2 N–H and O–H groups in total. The van der Waals surface area contributed by atoms with Crippen LogP contribution in [0.4, 0.5) is 0 Å². The molecular formula is C7H6N2O3S2. The van der Waals surface area contributed by atoms with Crippen LogP contribution in [0.2, 0.25) is 0 Å². The zero-order valence-corrected chi connectivity index (χ0v) is 8.47. The zero-order valence-electron chi connectivity index (χ0n) is 6.84. The van der Waals surface area contributed by atoms with E-state index in [0.717, 1.165) is 16.0 Å². The summed E-state index contributed by atoms with van der Waals surface area (Å²) in [6, 6.07) is 7.04. The first kappa shape index (κ1) is 9.53. The number of benzene rings is 1. The van der Waals surface area contributed by atoms with Gasteiger partial charge in [0, 0.05) is 0 Å². The molecule has 1 heterocycles. The van der Waals surface area contributed by atoms with Gasteiger partial charge in [0.2, 0.25) is 4.34 Å². The van der Waals surface area contributed by atoms with Crippen LogP contribution in [0.3, 0.4) is 0 Å². The van der Waals surface area contributed by atoms with Gasteiger partial charge in [-0.2, -0.15) is 0 Å². The minimum atomic E-state index is -3.85. The molecule has 0 saturated heterocycles. The Morgan fingerprint density at radius 3 is 2.71 bits per heavy atom. The molecule has 1 aromatic heterocycles. The molecule has 0 spiro atoms. The third-order valence-electron chi connectivity index (χ3n) is 1.62. The largest absolute Gasteiger partial charge is 0.302 e. The van der Waals surface area contributed by atoms with Crippen LogP contribution in [-0.2, 0) is 10.0 Å². The van der Waals surface area contributed by atoms with Crippen molar-refractivity contribution in [3.05, 3.63) is 24.3 Å². The van der Waals surface area contributed by atoms with Crippen LogP contribution in [0.5, 0.6) is 0 Å². The second-order valence-electron chi connectivity index (χ2n) is 2.54. The van der Waals surface area contributed by atoms with Crippen LogP contribution >= 0.6 is 11.3 Å². The number of nitrogens with zero attached hydrogens (tertiary/aromatic N) is 1. The molecule has 0 saturated carbocycles. The molecule has 7 heteroatoms. The molecule has 0 amide bonds. The van der Waals surface area contributed by atoms with Crippen molar-refractivity contribution in [2.75, 3.05) is 0 Å². The Bertz CT molecular complexity index is 528. The van der Waals surface area contributed by atoms with Crippen LogP contribution in [0, 0.1) is 0 Å². The van der Waals surface area contributed by atoms with Gasteiger partial charge in [0.25, 0.3) is 10.0 Å². The molecule has 0 atom stereocenters. The van der Waals surface area contributed by atoms with Gasteiger partial charge in [-0.3, -0.25) is 0 Å². The van der Waals surface area contributed by atoms with Gasteiger partial charge in [-0.25, -0.2) is 13.4 Å². The molecular weight excluding hydrogens is 224 g/mol. The van der Waals surface area contributed by atoms with Crippen LogP contribution in [0.15, 0.2) is 28.6 Å². The normalized spacial score (nSPS) is 12.1. The molecule has 0 aliphatic rings. The van der Waals surface area contributed by atoms with E-state index < -0.39 is 10.0 Å². The van der Waals surface area contributed by atoms with Crippen molar-refractivity contribution in [2.24, 2.45) is 0 Å². The molecule has 0 aliphatic heterocycles. The Kier molecular flexibility index (Phi) is 2.23. The van der Waals surface area contributed by atoms with E-state index in [1.54, 1.807) is 24.3 Å². The molecule has 0 unspecified atom stereocenters. The molecule has 74 valence electrons. The van der Waals surface area contributed by atoms with Crippen molar-refractivity contribution in [2.45, 2.75) is 4.34 Å². The average Bonchev–Trinajstić information content (AvgIpc) is 2.61. The van der Waals surface area contributed by atoms with Gasteiger partial charge >= 0.3 is 0 Å². The standard InChI is InChI=1S/C7H6N2O3S2/c10-9-14(11,12)7-8-5-3-1-2-4-6(5)13-7/h1-4,9-10H. The molecule has 0 bridgehead atoms. The van der Waals surface area contributed by atoms with Crippen molar-refractivity contribution in [1.29, 1.82) is 0 Å². The summed E-state index contributed by atoms with van der Waals surface area (Å²) in [5, 5.41) is 8.40. The highest BCUT2D eigenvalue weighted by Crippen LogP contribution is 2.24. The number of thiazole rings is 1. The van der Waals surface area contributed by atoms with Gasteiger partial charge < -0.3 is 5.21 Å². The first-order chi connectivity index (χ1) is 6.63. The monoisotopic (exact) mass is 230 g/mol. The van der Waals surface area contributed by atoms with E-state index in [9.17, 15) is 8.42 Å². The summed E-state index contributed by atoms with van der Waals surface area (Å²) < 4.78 is 22.9. The summed E-state index contributed by atoms with van der Waals surface area (Å²) in [5.74, 6) is 0. The van der Waals surface area contributed by atoms with Crippen molar-refractivity contribution in [3.8, 4) is 0 Å². The fourth-order valence-electron chi connectivity index (χ4n) is 1.01. The first-order valence-electron chi connectivity index (χ1n) is 3.65.